The molecule has 0 aliphatic rings. The molecule has 3 nitrogen and oxygen atoms in total. The minimum Gasteiger partial charge on any atom is -0.438 e. The van der Waals surface area contributed by atoms with E-state index < -0.39 is 14.2 Å². The highest BCUT2D eigenvalue weighted by molar-refractivity contribution is 6.82. The van der Waals surface area contributed by atoms with Crippen LogP contribution in [0.4, 0.5) is 4.79 Å². The van der Waals surface area contributed by atoms with Crippen LogP contribution in [0.5, 0.6) is 0 Å². The molecule has 0 saturated carbocycles. The third-order valence-corrected chi connectivity index (χ3v) is 3.64. The van der Waals surface area contributed by atoms with E-state index in [0.29, 0.717) is 18.8 Å². The molecule has 0 saturated heterocycles. The Morgan fingerprint density at radius 3 is 2.43 bits per heavy atom. The van der Waals surface area contributed by atoms with Crippen LogP contribution in [0.1, 0.15) is 13.8 Å². The van der Waals surface area contributed by atoms with Crippen molar-refractivity contribution >= 4 is 14.2 Å². The van der Waals surface area contributed by atoms with Crippen molar-refractivity contribution in [3.05, 3.63) is 12.3 Å². The first-order valence-electron chi connectivity index (χ1n) is 4.80. The maximum absolute atomic E-state index is 11.1. The van der Waals surface area contributed by atoms with Gasteiger partial charge in [0.1, 0.15) is 8.07 Å². The predicted octanol–water partition coefficient (Wildman–Crippen LogP) is 2.77. The Bertz CT molecular complexity index is 200. The monoisotopic (exact) mass is 216 g/mol. The Labute approximate surface area is 87.1 Å². The molecule has 82 valence electrons. The van der Waals surface area contributed by atoms with Gasteiger partial charge in [-0.15, -0.1) is 6.58 Å². The van der Waals surface area contributed by atoms with E-state index in [1.54, 1.807) is 0 Å². The molecule has 0 aromatic rings. The van der Waals surface area contributed by atoms with Crippen LogP contribution < -0.4 is 0 Å². The third-order valence-electron chi connectivity index (χ3n) is 1.65. The fourth-order valence-electron chi connectivity index (χ4n) is 0.580. The highest BCUT2D eigenvalue weighted by atomic mass is 28.3. The molecule has 0 bridgehead atoms. The van der Waals surface area contributed by atoms with Crippen LogP contribution in [0.3, 0.4) is 0 Å². The molecule has 0 fully saturated rings. The average molecular weight is 216 g/mol. The fourth-order valence-corrected chi connectivity index (χ4v) is 1.19. The topological polar surface area (TPSA) is 35.5 Å². The lowest BCUT2D eigenvalue weighted by atomic mass is 10.2. The molecule has 0 aromatic carbocycles. The van der Waals surface area contributed by atoms with Gasteiger partial charge in [0.05, 0.1) is 12.8 Å². The van der Waals surface area contributed by atoms with Crippen molar-refractivity contribution in [2.45, 2.75) is 26.9 Å². The zero-order chi connectivity index (χ0) is 11.2. The molecule has 0 radical (unpaired) electrons. The summed E-state index contributed by atoms with van der Waals surface area (Å²) in [5.41, 5.74) is 1.89. The van der Waals surface area contributed by atoms with E-state index in [1.807, 2.05) is 19.5 Å². The van der Waals surface area contributed by atoms with Crippen molar-refractivity contribution in [1.82, 2.24) is 0 Å². The van der Waals surface area contributed by atoms with Gasteiger partial charge in [-0.25, -0.2) is 4.79 Å². The van der Waals surface area contributed by atoms with E-state index in [4.69, 9.17) is 9.47 Å². The molecule has 0 N–H and O–H groups in total. The zero-order valence-electron chi connectivity index (χ0n) is 9.50. The quantitative estimate of drug-likeness (QED) is 0.523. The summed E-state index contributed by atoms with van der Waals surface area (Å²) in [4.78, 5) is 11.1. The smallest absolute Gasteiger partial charge is 0.438 e. The molecule has 0 aliphatic carbocycles. The number of carbonyl (C=O) groups is 1. The summed E-state index contributed by atoms with van der Waals surface area (Å²) in [6, 6.07) is 0. The summed E-state index contributed by atoms with van der Waals surface area (Å²) in [6.45, 7) is 12.2. The second kappa shape index (κ2) is 5.85. The van der Waals surface area contributed by atoms with Gasteiger partial charge in [-0.3, -0.25) is 0 Å². The van der Waals surface area contributed by atoms with Crippen LogP contribution in [0.15, 0.2) is 12.3 Å². The molecule has 0 atom stereocenters. The van der Waals surface area contributed by atoms with Crippen LogP contribution in [-0.2, 0) is 9.47 Å². The summed E-state index contributed by atoms with van der Waals surface area (Å²) >= 11 is 0. The summed E-state index contributed by atoms with van der Waals surface area (Å²) in [5.74, 6) is 0.340. The van der Waals surface area contributed by atoms with Gasteiger partial charge >= 0.3 is 6.16 Å². The first-order chi connectivity index (χ1) is 6.37. The van der Waals surface area contributed by atoms with Crippen molar-refractivity contribution < 1.29 is 14.3 Å². The maximum atomic E-state index is 11.1. The zero-order valence-corrected chi connectivity index (χ0v) is 10.5. The van der Waals surface area contributed by atoms with Gasteiger partial charge in [-0.2, -0.15) is 0 Å². The Morgan fingerprint density at radius 2 is 2.00 bits per heavy atom. The summed E-state index contributed by atoms with van der Waals surface area (Å²) in [6.07, 6.45) is -0.130. The van der Waals surface area contributed by atoms with Gasteiger partial charge in [-0.1, -0.05) is 32.6 Å². The van der Waals surface area contributed by atoms with E-state index in [-0.39, 0.29) is 0 Å². The molecule has 0 spiro atoms. The number of hydrogen-bond donors (Lipinski definition) is 0. The van der Waals surface area contributed by atoms with Crippen LogP contribution in [-0.4, -0.2) is 27.1 Å². The number of carbonyl (C=O) groups excluding carboxylic acids is 1. The van der Waals surface area contributed by atoms with E-state index in [2.05, 4.69) is 19.7 Å². The third kappa shape index (κ3) is 6.71. The normalized spacial score (nSPS) is 11.2. The minimum atomic E-state index is -1.56. The molecule has 0 aliphatic heterocycles. The molecular weight excluding hydrogens is 196 g/mol. The van der Waals surface area contributed by atoms with Crippen LogP contribution in [0.25, 0.3) is 0 Å². The van der Waals surface area contributed by atoms with Crippen LogP contribution in [0, 0.1) is 5.92 Å². The van der Waals surface area contributed by atoms with E-state index in [9.17, 15) is 4.79 Å². The minimum absolute atomic E-state index is 0.340. The van der Waals surface area contributed by atoms with Crippen LogP contribution >= 0.6 is 0 Å². The fraction of sp³-hybridized carbons (Fsp3) is 0.700. The van der Waals surface area contributed by atoms with Gasteiger partial charge < -0.3 is 9.47 Å². The average Bonchev–Trinajstić information content (AvgIpc) is 2.11. The van der Waals surface area contributed by atoms with Crippen LogP contribution in [0.2, 0.25) is 13.1 Å². The lowest BCUT2D eigenvalue weighted by Crippen LogP contribution is -2.32. The second-order valence-electron chi connectivity index (χ2n) is 4.44. The van der Waals surface area contributed by atoms with Crippen molar-refractivity contribution in [1.29, 1.82) is 0 Å². The van der Waals surface area contributed by atoms with Gasteiger partial charge in [-0.05, 0) is 5.92 Å². The van der Waals surface area contributed by atoms with Gasteiger partial charge in [0.25, 0.3) is 0 Å². The Balaban J connectivity index is 3.69. The number of hydrogen-bond acceptors (Lipinski definition) is 3. The highest BCUT2D eigenvalue weighted by Gasteiger charge is 2.19. The molecule has 0 heterocycles. The predicted molar refractivity (Wildman–Crippen MR) is 59.8 cm³/mol. The molecular formula is C10H20O3Si. The Kier molecular flexibility index (Phi) is 5.53. The maximum Gasteiger partial charge on any atom is 0.507 e. The lowest BCUT2D eigenvalue weighted by molar-refractivity contribution is 0.0578. The Morgan fingerprint density at radius 1 is 1.43 bits per heavy atom. The summed E-state index contributed by atoms with van der Waals surface area (Å²) < 4.78 is 9.85. The molecule has 0 amide bonds. The number of ether oxygens (including phenoxy) is 2. The highest BCUT2D eigenvalue weighted by Crippen LogP contribution is 2.04. The number of rotatable bonds is 5. The van der Waals surface area contributed by atoms with Gasteiger partial charge in [0.2, 0.25) is 0 Å². The van der Waals surface area contributed by atoms with Crippen molar-refractivity contribution in [2.75, 3.05) is 12.8 Å². The van der Waals surface area contributed by atoms with Crippen molar-refractivity contribution in [2.24, 2.45) is 5.92 Å². The first-order valence-corrected chi connectivity index (χ1v) is 8.09. The molecule has 0 unspecified atom stereocenters. The largest absolute Gasteiger partial charge is 0.507 e. The van der Waals surface area contributed by atoms with Gasteiger partial charge in [0.15, 0.2) is 0 Å². The summed E-state index contributed by atoms with van der Waals surface area (Å²) in [7, 11) is -1.56. The van der Waals surface area contributed by atoms with E-state index in [0.717, 1.165) is 0 Å². The molecule has 0 aromatic heterocycles. The standard InChI is InChI=1S/C10H20O3Si/c1-6-14(4,5)8-13-10(11)12-7-9(2)3/h6,9H,1,7-8H2,2-5H3. The molecule has 14 heavy (non-hydrogen) atoms. The second-order valence-corrected chi connectivity index (χ2v) is 9.11. The molecule has 0 rings (SSSR count). The van der Waals surface area contributed by atoms with Crippen molar-refractivity contribution in [3.8, 4) is 0 Å². The van der Waals surface area contributed by atoms with E-state index in [1.165, 1.54) is 0 Å². The van der Waals surface area contributed by atoms with Gasteiger partial charge in [0, 0.05) is 0 Å². The first kappa shape index (κ1) is 13.2. The SMILES string of the molecule is C=C[Si](C)(C)COC(=O)OCC(C)C. The molecule has 4 heteroatoms. The summed E-state index contributed by atoms with van der Waals surface area (Å²) in [5, 5.41) is 0. The Hall–Kier alpha value is -0.773. The van der Waals surface area contributed by atoms with Crippen molar-refractivity contribution in [3.63, 3.8) is 0 Å². The lowest BCUT2D eigenvalue weighted by Gasteiger charge is -2.16. The van der Waals surface area contributed by atoms with E-state index >= 15 is 0 Å².